The Hall–Kier alpha value is -2.48. The van der Waals surface area contributed by atoms with Gasteiger partial charge in [0.1, 0.15) is 17.3 Å². The molecular weight excluding hydrogens is 489 g/mol. The normalized spacial score (nSPS) is 17.1. The average Bonchev–Trinajstić information content (AvgIpc) is 3.50. The summed E-state index contributed by atoms with van der Waals surface area (Å²) in [6.45, 7) is 1.50. The van der Waals surface area contributed by atoms with E-state index >= 15 is 0 Å². The molecule has 1 saturated heterocycles. The second-order valence-electron chi connectivity index (χ2n) is 8.32. The van der Waals surface area contributed by atoms with Gasteiger partial charge in [0, 0.05) is 56.4 Å². The summed E-state index contributed by atoms with van der Waals surface area (Å²) in [5.41, 5.74) is 4.32. The van der Waals surface area contributed by atoms with Crippen molar-refractivity contribution in [2.24, 2.45) is 5.14 Å². The Labute approximate surface area is 199 Å². The Balaban J connectivity index is 1.52. The molecule has 0 bridgehead atoms. The van der Waals surface area contributed by atoms with Crippen molar-refractivity contribution in [2.75, 3.05) is 25.0 Å². The van der Waals surface area contributed by atoms with E-state index in [0.717, 1.165) is 18.7 Å². The second-order valence-corrected chi connectivity index (χ2v) is 10.6. The van der Waals surface area contributed by atoms with Gasteiger partial charge in [-0.15, -0.1) is 11.3 Å². The summed E-state index contributed by atoms with van der Waals surface area (Å²) in [5, 5.41) is 11.3. The molecule has 1 aliphatic heterocycles. The first-order valence-corrected chi connectivity index (χ1v) is 13.1. The van der Waals surface area contributed by atoms with E-state index in [2.05, 4.69) is 15.0 Å². The van der Waals surface area contributed by atoms with Crippen molar-refractivity contribution in [1.82, 2.24) is 19.7 Å². The summed E-state index contributed by atoms with van der Waals surface area (Å²) in [5.74, 6) is -0.897. The number of sulfonamides is 1. The maximum Gasteiger partial charge on any atom is 0.257 e. The lowest BCUT2D eigenvalue weighted by Gasteiger charge is -2.29. The number of benzene rings is 1. The summed E-state index contributed by atoms with van der Waals surface area (Å²) in [4.78, 5) is 7.83. The Morgan fingerprint density at radius 1 is 1.32 bits per heavy atom. The predicted octanol–water partition coefficient (Wildman–Crippen LogP) is 2.69. The molecule has 1 atom stereocenters. The molecule has 184 valence electrons. The largest absolute Gasteiger partial charge is 0.370 e. The maximum absolute atomic E-state index is 14.7. The number of nitrogens with zero attached hydrogens (tertiary/aromatic N) is 5. The summed E-state index contributed by atoms with van der Waals surface area (Å²) >= 11 is 1.42. The zero-order valence-corrected chi connectivity index (χ0v) is 20.1. The van der Waals surface area contributed by atoms with Gasteiger partial charge in [0.05, 0.1) is 16.9 Å². The molecule has 13 heteroatoms. The van der Waals surface area contributed by atoms with Crippen molar-refractivity contribution < 1.29 is 21.6 Å². The number of likely N-dealkylation sites (N-methyl/N-ethyl adjacent to an activating group) is 1. The Morgan fingerprint density at radius 3 is 2.79 bits per heavy atom. The van der Waals surface area contributed by atoms with Crippen LogP contribution in [-0.4, -0.2) is 60.7 Å². The van der Waals surface area contributed by atoms with Gasteiger partial charge in [0.15, 0.2) is 0 Å². The van der Waals surface area contributed by atoms with Crippen LogP contribution in [0.25, 0.3) is 0 Å². The van der Waals surface area contributed by atoms with Crippen LogP contribution in [0.2, 0.25) is 0 Å². The third-order valence-electron chi connectivity index (χ3n) is 5.88. The predicted molar refractivity (Wildman–Crippen MR) is 123 cm³/mol. The molecule has 4 rings (SSSR count). The van der Waals surface area contributed by atoms with Crippen molar-refractivity contribution in [3.8, 4) is 0 Å². The highest BCUT2D eigenvalue weighted by molar-refractivity contribution is 7.89. The van der Waals surface area contributed by atoms with Crippen LogP contribution in [0.4, 0.5) is 18.9 Å². The van der Waals surface area contributed by atoms with E-state index in [-0.39, 0.29) is 6.04 Å². The minimum Gasteiger partial charge on any atom is -0.370 e. The first-order chi connectivity index (χ1) is 16.1. The van der Waals surface area contributed by atoms with Crippen LogP contribution in [0.5, 0.6) is 0 Å². The number of hydrogen-bond donors (Lipinski definition) is 1. The van der Waals surface area contributed by atoms with Gasteiger partial charge in [0.25, 0.3) is 6.43 Å². The summed E-state index contributed by atoms with van der Waals surface area (Å²) < 4.78 is 64.8. The van der Waals surface area contributed by atoms with Crippen molar-refractivity contribution in [1.29, 1.82) is 0 Å². The minimum absolute atomic E-state index is 0.0390. The van der Waals surface area contributed by atoms with E-state index < -0.39 is 33.7 Å². The molecule has 2 aromatic heterocycles. The van der Waals surface area contributed by atoms with E-state index in [1.54, 1.807) is 17.8 Å². The van der Waals surface area contributed by atoms with Gasteiger partial charge in [-0.25, -0.2) is 31.7 Å². The highest BCUT2D eigenvalue weighted by Gasteiger charge is 2.29. The first kappa shape index (κ1) is 24.6. The van der Waals surface area contributed by atoms with Gasteiger partial charge in [-0.2, -0.15) is 5.10 Å². The molecule has 3 aromatic rings. The van der Waals surface area contributed by atoms with Crippen molar-refractivity contribution in [3.63, 3.8) is 0 Å². The number of primary sulfonamides is 1. The highest BCUT2D eigenvalue weighted by Crippen LogP contribution is 2.31. The van der Waals surface area contributed by atoms with E-state index in [4.69, 9.17) is 5.14 Å². The van der Waals surface area contributed by atoms with Gasteiger partial charge >= 0.3 is 0 Å². The Kier molecular flexibility index (Phi) is 7.26. The molecule has 1 fully saturated rings. The zero-order valence-electron chi connectivity index (χ0n) is 18.4. The SMILES string of the molecule is CN(c1cc(F)c(S(N)(=O)=O)cc1Cc1cscn1)[C@H]1CCN(Cc2ccn(CC(F)F)n2)C1. The zero-order chi connectivity index (χ0) is 24.5. The van der Waals surface area contributed by atoms with Crippen LogP contribution < -0.4 is 10.0 Å². The van der Waals surface area contributed by atoms with E-state index in [0.29, 0.717) is 36.5 Å². The quantitative estimate of drug-likeness (QED) is 0.472. The van der Waals surface area contributed by atoms with Crippen molar-refractivity contribution >= 4 is 27.0 Å². The molecule has 0 amide bonds. The third kappa shape index (κ3) is 5.77. The molecule has 0 aliphatic carbocycles. The lowest BCUT2D eigenvalue weighted by molar-refractivity contribution is 0.121. The van der Waals surface area contributed by atoms with Crippen molar-refractivity contribution in [2.45, 2.75) is 43.3 Å². The number of aromatic nitrogens is 3. The van der Waals surface area contributed by atoms with Gasteiger partial charge in [0.2, 0.25) is 10.0 Å². The molecule has 0 unspecified atom stereocenters. The number of hydrogen-bond acceptors (Lipinski definition) is 7. The lowest BCUT2D eigenvalue weighted by Crippen LogP contribution is -2.35. The van der Waals surface area contributed by atoms with Crippen molar-refractivity contribution in [3.05, 3.63) is 58.1 Å². The average molecular weight is 515 g/mol. The van der Waals surface area contributed by atoms with Gasteiger partial charge in [-0.05, 0) is 30.2 Å². The number of thiazole rings is 1. The van der Waals surface area contributed by atoms with E-state index in [1.807, 2.05) is 17.3 Å². The molecule has 8 nitrogen and oxygen atoms in total. The lowest BCUT2D eigenvalue weighted by atomic mass is 10.1. The molecule has 0 radical (unpaired) electrons. The fraction of sp³-hybridized carbons (Fsp3) is 0.429. The van der Waals surface area contributed by atoms with Crippen LogP contribution in [0.1, 0.15) is 23.4 Å². The van der Waals surface area contributed by atoms with E-state index in [9.17, 15) is 21.6 Å². The molecule has 3 heterocycles. The second kappa shape index (κ2) is 10.0. The molecular formula is C21H25F3N6O2S2. The molecule has 1 aromatic carbocycles. The summed E-state index contributed by atoms with van der Waals surface area (Å²) in [7, 11) is -2.37. The fourth-order valence-electron chi connectivity index (χ4n) is 4.22. The molecule has 2 N–H and O–H groups in total. The topological polar surface area (TPSA) is 97.3 Å². The minimum atomic E-state index is -4.22. The molecule has 1 aliphatic rings. The van der Waals surface area contributed by atoms with Crippen LogP contribution in [0.3, 0.4) is 0 Å². The number of alkyl halides is 2. The number of nitrogens with two attached hydrogens (primary N) is 1. The van der Waals surface area contributed by atoms with Crippen LogP contribution in [0.15, 0.2) is 40.2 Å². The maximum atomic E-state index is 14.7. The fourth-order valence-corrected chi connectivity index (χ4v) is 5.42. The monoisotopic (exact) mass is 514 g/mol. The van der Waals surface area contributed by atoms with Gasteiger partial charge < -0.3 is 4.90 Å². The Morgan fingerprint density at radius 2 is 2.12 bits per heavy atom. The summed E-state index contributed by atoms with van der Waals surface area (Å²) in [6.07, 6.45) is 0.214. The van der Waals surface area contributed by atoms with Crippen LogP contribution in [-0.2, 0) is 29.5 Å². The highest BCUT2D eigenvalue weighted by atomic mass is 32.2. The summed E-state index contributed by atoms with van der Waals surface area (Å²) in [6, 6.07) is 4.28. The van der Waals surface area contributed by atoms with Crippen LogP contribution in [0, 0.1) is 5.82 Å². The molecule has 34 heavy (non-hydrogen) atoms. The molecule has 0 saturated carbocycles. The van der Waals surface area contributed by atoms with Crippen LogP contribution >= 0.6 is 11.3 Å². The number of rotatable bonds is 9. The van der Waals surface area contributed by atoms with Gasteiger partial charge in [-0.3, -0.25) is 9.58 Å². The smallest absolute Gasteiger partial charge is 0.257 e. The number of halogens is 3. The standard InChI is InChI=1S/C21H25F3N6O2S2/c1-28(17-3-4-29(10-17)9-15-2-5-30(27-15)11-21(23)24)19-8-18(22)20(34(25,31)32)7-14(19)6-16-12-33-13-26-16/h2,5,7-8,12-13,17,21H,3-4,6,9-11H2,1H3,(H2,25,31,32)/t17-/m0/s1. The third-order valence-corrected chi connectivity index (χ3v) is 7.44. The first-order valence-electron chi connectivity index (χ1n) is 10.6. The molecule has 0 spiro atoms. The number of anilines is 1. The Bertz CT molecular complexity index is 1230. The van der Waals surface area contributed by atoms with E-state index in [1.165, 1.54) is 28.2 Å². The number of likely N-dealkylation sites (tertiary alicyclic amines) is 1. The van der Waals surface area contributed by atoms with Gasteiger partial charge in [-0.1, -0.05) is 0 Å².